The van der Waals surface area contributed by atoms with Crippen LogP contribution in [0.2, 0.25) is 0 Å². The number of nitrogens with zero attached hydrogens (tertiary/aromatic N) is 5. The number of halogens is 1. The van der Waals surface area contributed by atoms with Crippen LogP contribution in [-0.2, 0) is 0 Å². The Bertz CT molecular complexity index is 1290. The number of benzene rings is 2. The Morgan fingerprint density at radius 2 is 1.87 bits per heavy atom. The summed E-state index contributed by atoms with van der Waals surface area (Å²) in [6, 6.07) is 17.8. The van der Waals surface area contributed by atoms with Crippen LogP contribution in [0.3, 0.4) is 0 Å². The predicted molar refractivity (Wildman–Crippen MR) is 107 cm³/mol. The van der Waals surface area contributed by atoms with Crippen LogP contribution in [0.15, 0.2) is 78.6 Å². The fourth-order valence-corrected chi connectivity index (χ4v) is 4.14. The number of hydrogen-bond acceptors (Lipinski definition) is 6. The second-order valence-electron chi connectivity index (χ2n) is 7.11. The van der Waals surface area contributed by atoms with E-state index in [-0.39, 0.29) is 5.82 Å². The lowest BCUT2D eigenvalue weighted by molar-refractivity contribution is 0.217. The maximum Gasteiger partial charge on any atom is 0.248 e. The first-order chi connectivity index (χ1) is 14.8. The van der Waals surface area contributed by atoms with Crippen molar-refractivity contribution in [3.63, 3.8) is 0 Å². The third-order valence-corrected chi connectivity index (χ3v) is 5.43. The molecule has 0 amide bonds. The molecule has 2 aliphatic heterocycles. The topological polar surface area (TPSA) is 77.8 Å². The van der Waals surface area contributed by atoms with Gasteiger partial charge in [-0.1, -0.05) is 41.5 Å². The second-order valence-corrected chi connectivity index (χ2v) is 7.11. The summed E-state index contributed by atoms with van der Waals surface area (Å²) >= 11 is 0. The minimum absolute atomic E-state index is 0.332. The molecule has 0 bridgehead atoms. The summed E-state index contributed by atoms with van der Waals surface area (Å²) in [5.74, 6) is 0.843. The van der Waals surface area contributed by atoms with Crippen molar-refractivity contribution in [1.29, 1.82) is 0 Å². The molecule has 0 saturated heterocycles. The van der Waals surface area contributed by atoms with Crippen molar-refractivity contribution in [2.45, 2.75) is 12.1 Å². The summed E-state index contributed by atoms with van der Waals surface area (Å²) in [7, 11) is 0. The average Bonchev–Trinajstić information content (AvgIpc) is 3.26. The molecule has 8 heteroatoms. The van der Waals surface area contributed by atoms with Crippen LogP contribution < -0.4 is 10.1 Å². The molecule has 2 aromatic carbocycles. The Balaban J connectivity index is 1.66. The average molecular weight is 398 g/mol. The zero-order valence-electron chi connectivity index (χ0n) is 15.6. The summed E-state index contributed by atoms with van der Waals surface area (Å²) in [5.41, 5.74) is 3.85. The number of rotatable bonds is 2. The van der Waals surface area contributed by atoms with Gasteiger partial charge >= 0.3 is 0 Å². The van der Waals surface area contributed by atoms with Crippen LogP contribution >= 0.6 is 0 Å². The smallest absolute Gasteiger partial charge is 0.248 e. The van der Waals surface area contributed by atoms with E-state index in [4.69, 9.17) is 4.74 Å². The molecule has 0 saturated carbocycles. The molecule has 0 fully saturated rings. The fraction of sp³-hybridized carbons (Fsp3) is 0.0909. The van der Waals surface area contributed by atoms with E-state index in [1.807, 2.05) is 36.4 Å². The highest BCUT2D eigenvalue weighted by Gasteiger charge is 2.42. The van der Waals surface area contributed by atoms with Crippen molar-refractivity contribution >= 4 is 11.6 Å². The van der Waals surface area contributed by atoms with Crippen LogP contribution in [-0.4, -0.2) is 25.2 Å². The highest BCUT2D eigenvalue weighted by molar-refractivity contribution is 5.85. The molecule has 4 heterocycles. The Morgan fingerprint density at radius 3 is 2.73 bits per heavy atom. The normalized spacial score (nSPS) is 19.2. The molecule has 30 heavy (non-hydrogen) atoms. The molecule has 1 N–H and O–H groups in total. The van der Waals surface area contributed by atoms with Crippen molar-refractivity contribution in [3.8, 4) is 5.75 Å². The third-order valence-electron chi connectivity index (χ3n) is 5.43. The molecule has 0 aliphatic carbocycles. The molecule has 6 rings (SSSR count). The summed E-state index contributed by atoms with van der Waals surface area (Å²) in [6.45, 7) is 0. The Kier molecular flexibility index (Phi) is 3.64. The van der Waals surface area contributed by atoms with Gasteiger partial charge in [0.05, 0.1) is 5.70 Å². The largest absolute Gasteiger partial charge is 0.480 e. The fourth-order valence-electron chi connectivity index (χ4n) is 4.14. The predicted octanol–water partition coefficient (Wildman–Crippen LogP) is 3.77. The lowest BCUT2D eigenvalue weighted by Crippen LogP contribution is -2.32. The van der Waals surface area contributed by atoms with Gasteiger partial charge in [0, 0.05) is 29.1 Å². The van der Waals surface area contributed by atoms with E-state index in [0.717, 1.165) is 22.4 Å². The van der Waals surface area contributed by atoms with E-state index in [1.54, 1.807) is 35.3 Å². The number of para-hydroxylation sites is 1. The van der Waals surface area contributed by atoms with E-state index < -0.39 is 12.1 Å². The van der Waals surface area contributed by atoms with Gasteiger partial charge in [0.25, 0.3) is 0 Å². The summed E-state index contributed by atoms with van der Waals surface area (Å²) in [5, 5.41) is 15.5. The molecule has 0 spiro atoms. The molecule has 2 aliphatic rings. The first kappa shape index (κ1) is 16.8. The first-order valence-electron chi connectivity index (χ1n) is 9.50. The van der Waals surface area contributed by atoms with E-state index in [0.29, 0.717) is 17.3 Å². The van der Waals surface area contributed by atoms with Gasteiger partial charge in [-0.05, 0) is 40.3 Å². The molecule has 2 aromatic heterocycles. The maximum atomic E-state index is 14.9. The van der Waals surface area contributed by atoms with E-state index in [9.17, 15) is 4.39 Å². The second kappa shape index (κ2) is 6.48. The van der Waals surface area contributed by atoms with Gasteiger partial charge in [-0.25, -0.2) is 4.39 Å². The number of ether oxygens (including phenoxy) is 1. The molecule has 4 aromatic rings. The molecular weight excluding hydrogens is 383 g/mol. The van der Waals surface area contributed by atoms with Gasteiger partial charge in [0.15, 0.2) is 6.10 Å². The van der Waals surface area contributed by atoms with Crippen molar-refractivity contribution in [2.75, 3.05) is 5.32 Å². The van der Waals surface area contributed by atoms with Crippen LogP contribution in [0.4, 0.5) is 10.3 Å². The Hall–Kier alpha value is -4.07. The number of tetrazole rings is 1. The van der Waals surface area contributed by atoms with E-state index in [2.05, 4.69) is 25.8 Å². The van der Waals surface area contributed by atoms with Gasteiger partial charge < -0.3 is 10.1 Å². The maximum absolute atomic E-state index is 14.9. The summed E-state index contributed by atoms with van der Waals surface area (Å²) in [4.78, 5) is 4.27. The van der Waals surface area contributed by atoms with Crippen molar-refractivity contribution in [2.24, 2.45) is 0 Å². The van der Waals surface area contributed by atoms with Crippen LogP contribution in [0.1, 0.15) is 28.8 Å². The summed E-state index contributed by atoms with van der Waals surface area (Å²) in [6.07, 6.45) is 2.82. The quantitative estimate of drug-likeness (QED) is 0.554. The lowest BCUT2D eigenvalue weighted by atomic mass is 9.85. The minimum Gasteiger partial charge on any atom is -0.480 e. The lowest BCUT2D eigenvalue weighted by Gasteiger charge is -2.38. The molecule has 146 valence electrons. The molecule has 0 unspecified atom stereocenters. The highest BCUT2D eigenvalue weighted by atomic mass is 19.1. The number of aromatic nitrogens is 5. The number of hydrogen-bond donors (Lipinski definition) is 1. The van der Waals surface area contributed by atoms with Crippen molar-refractivity contribution in [3.05, 3.63) is 101 Å². The molecule has 7 nitrogen and oxygen atoms in total. The molecular formula is C22H15FN6O. The highest BCUT2D eigenvalue weighted by Crippen LogP contribution is 2.50. The third kappa shape index (κ3) is 2.43. The van der Waals surface area contributed by atoms with Crippen molar-refractivity contribution in [1.82, 2.24) is 25.2 Å². The van der Waals surface area contributed by atoms with Gasteiger partial charge in [-0.15, -0.1) is 0 Å². The SMILES string of the molecule is Fc1ccccc1[C@H]1Oc2ccccc2C2=C1[C@@H](c1cccnc1)n1nnnc1N2. The van der Waals surface area contributed by atoms with E-state index in [1.165, 1.54) is 6.07 Å². The first-order valence-corrected chi connectivity index (χ1v) is 9.50. The van der Waals surface area contributed by atoms with Gasteiger partial charge in [-0.3, -0.25) is 4.98 Å². The van der Waals surface area contributed by atoms with Gasteiger partial charge in [-0.2, -0.15) is 4.68 Å². The number of pyridine rings is 1. The molecule has 2 atom stereocenters. The number of anilines is 1. The summed E-state index contributed by atoms with van der Waals surface area (Å²) < 4.78 is 22.9. The molecule has 0 radical (unpaired) electrons. The van der Waals surface area contributed by atoms with Gasteiger partial charge in [0.1, 0.15) is 17.6 Å². The van der Waals surface area contributed by atoms with Crippen LogP contribution in [0.5, 0.6) is 5.75 Å². The number of fused-ring (bicyclic) bond motifs is 3. The zero-order chi connectivity index (χ0) is 20.1. The zero-order valence-corrected chi connectivity index (χ0v) is 15.6. The Labute approximate surface area is 170 Å². The minimum atomic E-state index is -0.661. The van der Waals surface area contributed by atoms with Crippen LogP contribution in [0, 0.1) is 5.82 Å². The van der Waals surface area contributed by atoms with Crippen molar-refractivity contribution < 1.29 is 9.13 Å². The Morgan fingerprint density at radius 1 is 1.00 bits per heavy atom. The van der Waals surface area contributed by atoms with Gasteiger partial charge in [0.2, 0.25) is 5.95 Å². The van der Waals surface area contributed by atoms with E-state index >= 15 is 0 Å². The standard InChI is InChI=1S/C22H15FN6O/c23-16-9-3-1-7-14(16)21-18-19(15-8-2-4-10-17(15)30-21)25-22-26-27-28-29(22)20(18)13-6-5-11-24-12-13/h1-12,20-21H,(H,25,26,28)/t20-,21-/m1/s1. The number of nitrogens with one attached hydrogen (secondary N) is 1. The van der Waals surface area contributed by atoms with Crippen LogP contribution in [0.25, 0.3) is 5.70 Å². The monoisotopic (exact) mass is 398 g/mol.